The molecule has 0 bridgehead atoms. The third-order valence-corrected chi connectivity index (χ3v) is 6.63. The van der Waals surface area contributed by atoms with Crippen LogP contribution in [0.4, 0.5) is 10.1 Å². The number of benzene rings is 3. The van der Waals surface area contributed by atoms with E-state index >= 15 is 0 Å². The molecule has 5 nitrogen and oxygen atoms in total. The molecule has 180 valence electrons. The Labute approximate surface area is 220 Å². The van der Waals surface area contributed by atoms with Crippen molar-refractivity contribution in [2.24, 2.45) is 4.99 Å². The fraction of sp³-hybridized carbons (Fsp3) is 0.120. The molecule has 0 atom stereocenters. The second-order valence-electron chi connectivity index (χ2n) is 7.26. The van der Waals surface area contributed by atoms with E-state index in [4.69, 9.17) is 44.3 Å². The lowest BCUT2D eigenvalue weighted by Gasteiger charge is -2.15. The van der Waals surface area contributed by atoms with Gasteiger partial charge in [-0.3, -0.25) is 4.79 Å². The number of rotatable bonds is 7. The first kappa shape index (κ1) is 25.4. The maximum absolute atomic E-state index is 13.1. The SMILES string of the molecule is CCOc1cc(/C=C2/SC(=Nc3ccc(F)cc3)NC2=O)cc(Cl)c1OCc1ccc(Cl)c(Cl)c1. The number of thioether (sulfide) groups is 1. The molecule has 0 aliphatic carbocycles. The number of hydrogen-bond acceptors (Lipinski definition) is 5. The van der Waals surface area contributed by atoms with Crippen molar-refractivity contribution in [3.8, 4) is 11.5 Å². The van der Waals surface area contributed by atoms with E-state index in [1.54, 1.807) is 30.3 Å². The molecular formula is C25H18Cl3FN2O3S. The van der Waals surface area contributed by atoms with Gasteiger partial charge in [0.15, 0.2) is 16.7 Å². The molecule has 1 aliphatic heterocycles. The molecule has 0 unspecified atom stereocenters. The monoisotopic (exact) mass is 550 g/mol. The average Bonchev–Trinajstić information content (AvgIpc) is 3.15. The van der Waals surface area contributed by atoms with Gasteiger partial charge in [-0.2, -0.15) is 0 Å². The summed E-state index contributed by atoms with van der Waals surface area (Å²) in [7, 11) is 0. The van der Waals surface area contributed by atoms with Gasteiger partial charge in [0.25, 0.3) is 5.91 Å². The summed E-state index contributed by atoms with van der Waals surface area (Å²) >= 11 is 19.7. The van der Waals surface area contributed by atoms with Gasteiger partial charge in [0, 0.05) is 0 Å². The number of nitrogens with one attached hydrogen (secondary N) is 1. The number of carbonyl (C=O) groups excluding carboxylic acids is 1. The lowest BCUT2D eigenvalue weighted by molar-refractivity contribution is -0.115. The first-order valence-corrected chi connectivity index (χ1v) is 12.4. The van der Waals surface area contributed by atoms with Gasteiger partial charge in [0.05, 0.1) is 32.3 Å². The largest absolute Gasteiger partial charge is 0.490 e. The Bertz CT molecular complexity index is 1330. The van der Waals surface area contributed by atoms with Crippen molar-refractivity contribution in [1.82, 2.24) is 5.32 Å². The first-order valence-electron chi connectivity index (χ1n) is 10.4. The van der Waals surface area contributed by atoms with Crippen LogP contribution in [0.25, 0.3) is 6.08 Å². The Morgan fingerprint density at radius 3 is 2.49 bits per heavy atom. The third-order valence-electron chi connectivity index (χ3n) is 4.70. The molecule has 3 aromatic rings. The molecule has 1 saturated heterocycles. The molecule has 1 amide bonds. The highest BCUT2D eigenvalue weighted by molar-refractivity contribution is 8.18. The minimum Gasteiger partial charge on any atom is -0.490 e. The Kier molecular flexibility index (Phi) is 8.23. The van der Waals surface area contributed by atoms with E-state index in [0.717, 1.165) is 5.56 Å². The molecule has 0 radical (unpaired) electrons. The molecule has 3 aromatic carbocycles. The van der Waals surface area contributed by atoms with E-state index in [2.05, 4.69) is 10.3 Å². The molecule has 1 heterocycles. The van der Waals surface area contributed by atoms with E-state index < -0.39 is 0 Å². The number of hydrogen-bond donors (Lipinski definition) is 1. The van der Waals surface area contributed by atoms with Gasteiger partial charge in [-0.05, 0) is 84.4 Å². The van der Waals surface area contributed by atoms with Crippen LogP contribution < -0.4 is 14.8 Å². The van der Waals surface area contributed by atoms with E-state index in [-0.39, 0.29) is 18.3 Å². The van der Waals surface area contributed by atoms with Crippen molar-refractivity contribution in [1.29, 1.82) is 0 Å². The Morgan fingerprint density at radius 2 is 1.77 bits per heavy atom. The summed E-state index contributed by atoms with van der Waals surface area (Å²) in [6.45, 7) is 2.45. The van der Waals surface area contributed by atoms with Crippen LogP contribution in [-0.4, -0.2) is 17.7 Å². The first-order chi connectivity index (χ1) is 16.8. The molecule has 1 N–H and O–H groups in total. The van der Waals surface area contributed by atoms with Gasteiger partial charge in [-0.25, -0.2) is 9.38 Å². The molecule has 10 heteroatoms. The number of amides is 1. The van der Waals surface area contributed by atoms with Crippen LogP contribution in [0.2, 0.25) is 15.1 Å². The topological polar surface area (TPSA) is 59.9 Å². The second kappa shape index (κ2) is 11.4. The molecular weight excluding hydrogens is 534 g/mol. The summed E-state index contributed by atoms with van der Waals surface area (Å²) in [6.07, 6.45) is 1.68. The predicted octanol–water partition coefficient (Wildman–Crippen LogP) is 7.66. The van der Waals surface area contributed by atoms with E-state index in [1.807, 2.05) is 13.0 Å². The summed E-state index contributed by atoms with van der Waals surface area (Å²) in [5, 5.41) is 4.31. The van der Waals surface area contributed by atoms with Crippen molar-refractivity contribution in [3.63, 3.8) is 0 Å². The summed E-state index contributed by atoms with van der Waals surface area (Å²) in [4.78, 5) is 17.2. The van der Waals surface area contributed by atoms with Gasteiger partial charge >= 0.3 is 0 Å². The van der Waals surface area contributed by atoms with Crippen molar-refractivity contribution < 1.29 is 18.7 Å². The molecule has 4 rings (SSSR count). The molecule has 0 spiro atoms. The average molecular weight is 552 g/mol. The van der Waals surface area contributed by atoms with Crippen LogP contribution in [0.15, 0.2) is 64.5 Å². The molecule has 1 fully saturated rings. The highest BCUT2D eigenvalue weighted by atomic mass is 35.5. The van der Waals surface area contributed by atoms with Gasteiger partial charge in [-0.15, -0.1) is 0 Å². The lowest BCUT2D eigenvalue weighted by Crippen LogP contribution is -2.19. The van der Waals surface area contributed by atoms with Gasteiger partial charge in [-0.1, -0.05) is 40.9 Å². The molecule has 1 aliphatic rings. The third kappa shape index (κ3) is 6.49. The standard InChI is InChI=1S/C25H18Cl3FN2O3S/c1-2-33-21-11-15(10-20(28)23(21)34-13-14-3-8-18(26)19(27)9-14)12-22-24(32)31-25(35-22)30-17-6-4-16(29)5-7-17/h3-12H,2,13H2,1H3,(H,30,31,32)/b22-12+. The lowest BCUT2D eigenvalue weighted by atomic mass is 10.1. The number of amidine groups is 1. The van der Waals surface area contributed by atoms with Crippen LogP contribution in [0.5, 0.6) is 11.5 Å². The maximum atomic E-state index is 13.1. The summed E-state index contributed by atoms with van der Waals surface area (Å²) in [6, 6.07) is 14.3. The Hall–Kier alpha value is -2.71. The highest BCUT2D eigenvalue weighted by Crippen LogP contribution is 2.39. The number of ether oxygens (including phenoxy) is 2. The number of aliphatic imine (C=N–C) groups is 1. The van der Waals surface area contributed by atoms with Crippen LogP contribution >= 0.6 is 46.6 Å². The van der Waals surface area contributed by atoms with E-state index in [9.17, 15) is 9.18 Å². The minimum atomic E-state index is -0.357. The van der Waals surface area contributed by atoms with Crippen LogP contribution in [0.3, 0.4) is 0 Å². The van der Waals surface area contributed by atoms with Crippen molar-refractivity contribution in [2.75, 3.05) is 6.61 Å². The fourth-order valence-electron chi connectivity index (χ4n) is 3.12. The quantitative estimate of drug-likeness (QED) is 0.306. The fourth-order valence-corrected chi connectivity index (χ4v) is 4.56. The van der Waals surface area contributed by atoms with Crippen molar-refractivity contribution in [2.45, 2.75) is 13.5 Å². The summed E-state index contributed by atoms with van der Waals surface area (Å²) < 4.78 is 24.8. The zero-order valence-corrected chi connectivity index (χ0v) is 21.4. The smallest absolute Gasteiger partial charge is 0.264 e. The Balaban J connectivity index is 1.55. The summed E-state index contributed by atoms with van der Waals surface area (Å²) in [5.41, 5.74) is 2.00. The predicted molar refractivity (Wildman–Crippen MR) is 141 cm³/mol. The molecule has 35 heavy (non-hydrogen) atoms. The highest BCUT2D eigenvalue weighted by Gasteiger charge is 2.24. The second-order valence-corrected chi connectivity index (χ2v) is 9.51. The van der Waals surface area contributed by atoms with Crippen LogP contribution in [0.1, 0.15) is 18.1 Å². The van der Waals surface area contributed by atoms with Crippen LogP contribution in [0, 0.1) is 5.82 Å². The van der Waals surface area contributed by atoms with Crippen LogP contribution in [-0.2, 0) is 11.4 Å². The number of halogens is 4. The van der Waals surface area contributed by atoms with Gasteiger partial charge < -0.3 is 14.8 Å². The zero-order chi connectivity index (χ0) is 24.9. The van der Waals surface area contributed by atoms with E-state index in [1.165, 1.54) is 36.0 Å². The molecule has 0 saturated carbocycles. The maximum Gasteiger partial charge on any atom is 0.264 e. The normalized spacial score (nSPS) is 15.5. The Morgan fingerprint density at radius 1 is 1.00 bits per heavy atom. The van der Waals surface area contributed by atoms with Crippen molar-refractivity contribution in [3.05, 3.63) is 91.5 Å². The minimum absolute atomic E-state index is 0.207. The van der Waals surface area contributed by atoms with Gasteiger partial charge in [0.2, 0.25) is 0 Å². The van der Waals surface area contributed by atoms with Crippen molar-refractivity contribution >= 4 is 69.4 Å². The number of carbonyl (C=O) groups is 1. The number of nitrogens with zero attached hydrogens (tertiary/aromatic N) is 1. The van der Waals surface area contributed by atoms with E-state index in [0.29, 0.717) is 54.5 Å². The zero-order valence-electron chi connectivity index (χ0n) is 18.3. The van der Waals surface area contributed by atoms with Gasteiger partial charge in [0.1, 0.15) is 12.4 Å². The molecule has 0 aromatic heterocycles. The summed E-state index contributed by atoms with van der Waals surface area (Å²) in [5.74, 6) is 0.160.